The van der Waals surface area contributed by atoms with E-state index in [0.29, 0.717) is 10.0 Å². The van der Waals surface area contributed by atoms with Gasteiger partial charge >= 0.3 is 0 Å². The fourth-order valence-electron chi connectivity index (χ4n) is 2.72. The van der Waals surface area contributed by atoms with Gasteiger partial charge in [-0.25, -0.2) is 8.42 Å². The Labute approximate surface area is 158 Å². The smallest absolute Gasteiger partial charge is 0.264 e. The first-order valence-corrected chi connectivity index (χ1v) is 10.4. The van der Waals surface area contributed by atoms with E-state index in [2.05, 4.69) is 10.8 Å². The summed E-state index contributed by atoms with van der Waals surface area (Å²) in [5, 5.41) is 4.23. The molecule has 0 bridgehead atoms. The van der Waals surface area contributed by atoms with Gasteiger partial charge in [0.05, 0.1) is 4.34 Å². The minimum atomic E-state index is -3.79. The fourth-order valence-corrected chi connectivity index (χ4v) is 5.92. The molecule has 4 rings (SSSR count). The van der Waals surface area contributed by atoms with Crippen LogP contribution in [0.3, 0.4) is 0 Å². The average molecular weight is 408 g/mol. The van der Waals surface area contributed by atoms with Crippen LogP contribution in [-0.4, -0.2) is 8.42 Å². The van der Waals surface area contributed by atoms with Crippen LogP contribution in [0.2, 0.25) is 8.67 Å². The van der Waals surface area contributed by atoms with Crippen molar-refractivity contribution in [3.63, 3.8) is 0 Å². The van der Waals surface area contributed by atoms with Crippen LogP contribution < -0.4 is 4.72 Å². The van der Waals surface area contributed by atoms with Gasteiger partial charge in [0, 0.05) is 5.69 Å². The molecule has 1 N–H and O–H groups in total. The number of rotatable bonds is 3. The number of fused-ring (bicyclic) bond motifs is 2. The molecule has 0 fully saturated rings. The second-order valence-corrected chi connectivity index (χ2v) is 9.49. The van der Waals surface area contributed by atoms with Crippen LogP contribution in [0.15, 0.2) is 65.6 Å². The molecule has 0 amide bonds. The summed E-state index contributed by atoms with van der Waals surface area (Å²) in [4.78, 5) is -0.0113. The predicted octanol–water partition coefficient (Wildman–Crippen LogP) is 6.16. The van der Waals surface area contributed by atoms with E-state index in [1.54, 1.807) is 12.1 Å². The van der Waals surface area contributed by atoms with Gasteiger partial charge in [0.2, 0.25) is 0 Å². The zero-order valence-electron chi connectivity index (χ0n) is 12.7. The van der Waals surface area contributed by atoms with E-state index in [9.17, 15) is 8.42 Å². The lowest BCUT2D eigenvalue weighted by Crippen LogP contribution is -2.12. The van der Waals surface area contributed by atoms with E-state index < -0.39 is 10.0 Å². The SMILES string of the molecule is O=S(=O)(Nc1ccc2cc3ccccc3cc2c1)c1cc(Cl)sc1Cl. The van der Waals surface area contributed by atoms with Gasteiger partial charge in [-0.15, -0.1) is 11.3 Å². The number of benzene rings is 3. The summed E-state index contributed by atoms with van der Waals surface area (Å²) in [5.74, 6) is 0. The number of sulfonamides is 1. The Morgan fingerprint density at radius 2 is 1.44 bits per heavy atom. The number of hydrogen-bond donors (Lipinski definition) is 1. The molecule has 0 saturated carbocycles. The number of nitrogens with one attached hydrogen (secondary N) is 1. The molecule has 7 heteroatoms. The lowest BCUT2D eigenvalue weighted by atomic mass is 10.0. The van der Waals surface area contributed by atoms with Crippen molar-refractivity contribution in [1.82, 2.24) is 0 Å². The van der Waals surface area contributed by atoms with Crippen molar-refractivity contribution in [3.05, 3.63) is 69.3 Å². The summed E-state index contributed by atoms with van der Waals surface area (Å²) in [7, 11) is -3.79. The first-order chi connectivity index (χ1) is 11.9. The first kappa shape index (κ1) is 16.7. The van der Waals surface area contributed by atoms with Crippen molar-refractivity contribution in [2.24, 2.45) is 0 Å². The fraction of sp³-hybridized carbons (Fsp3) is 0. The molecule has 0 aliphatic carbocycles. The summed E-state index contributed by atoms with van der Waals surface area (Å²) in [6.45, 7) is 0. The normalized spacial score (nSPS) is 11.9. The van der Waals surface area contributed by atoms with Crippen molar-refractivity contribution in [2.75, 3.05) is 4.72 Å². The second-order valence-electron chi connectivity index (χ2n) is 5.56. The van der Waals surface area contributed by atoms with Gasteiger partial charge in [-0.2, -0.15) is 0 Å². The van der Waals surface area contributed by atoms with Gasteiger partial charge in [-0.05, 0) is 51.9 Å². The van der Waals surface area contributed by atoms with E-state index in [1.807, 2.05) is 36.4 Å². The third-order valence-corrected chi connectivity index (χ3v) is 7.01. The topological polar surface area (TPSA) is 46.2 Å². The van der Waals surface area contributed by atoms with Gasteiger partial charge in [-0.3, -0.25) is 4.72 Å². The molecule has 0 radical (unpaired) electrons. The molecule has 0 spiro atoms. The minimum Gasteiger partial charge on any atom is -0.280 e. The second kappa shape index (κ2) is 6.18. The Morgan fingerprint density at radius 3 is 2.08 bits per heavy atom. The van der Waals surface area contributed by atoms with Crippen molar-refractivity contribution in [1.29, 1.82) is 0 Å². The molecule has 0 unspecified atom stereocenters. The molecule has 1 aromatic heterocycles. The molecule has 4 aromatic rings. The highest BCUT2D eigenvalue weighted by atomic mass is 35.5. The van der Waals surface area contributed by atoms with Crippen LogP contribution in [0.1, 0.15) is 0 Å². The van der Waals surface area contributed by atoms with Crippen molar-refractivity contribution < 1.29 is 8.42 Å². The Kier molecular flexibility index (Phi) is 4.12. The zero-order chi connectivity index (χ0) is 17.6. The maximum absolute atomic E-state index is 12.5. The largest absolute Gasteiger partial charge is 0.280 e. The van der Waals surface area contributed by atoms with Crippen molar-refractivity contribution in [2.45, 2.75) is 4.90 Å². The number of thiophene rings is 1. The van der Waals surface area contributed by atoms with Crippen LogP contribution in [0.5, 0.6) is 0 Å². The van der Waals surface area contributed by atoms with Gasteiger partial charge in [0.1, 0.15) is 9.23 Å². The predicted molar refractivity (Wildman–Crippen MR) is 107 cm³/mol. The molecule has 126 valence electrons. The van der Waals surface area contributed by atoms with E-state index in [1.165, 1.54) is 6.07 Å². The summed E-state index contributed by atoms with van der Waals surface area (Å²) in [5.41, 5.74) is 0.473. The number of halogens is 2. The molecule has 1 heterocycles. The van der Waals surface area contributed by atoms with E-state index in [4.69, 9.17) is 23.2 Å². The van der Waals surface area contributed by atoms with E-state index in [0.717, 1.165) is 32.9 Å². The van der Waals surface area contributed by atoms with Gasteiger partial charge in [-0.1, -0.05) is 53.5 Å². The Morgan fingerprint density at radius 1 is 0.800 bits per heavy atom. The highest BCUT2D eigenvalue weighted by Crippen LogP contribution is 2.35. The monoisotopic (exact) mass is 407 g/mol. The van der Waals surface area contributed by atoms with Crippen molar-refractivity contribution in [3.8, 4) is 0 Å². The highest BCUT2D eigenvalue weighted by molar-refractivity contribution is 7.93. The quantitative estimate of drug-likeness (QED) is 0.413. The van der Waals surface area contributed by atoms with Crippen molar-refractivity contribution >= 4 is 71.8 Å². The first-order valence-electron chi connectivity index (χ1n) is 7.33. The van der Waals surface area contributed by atoms with Crippen LogP contribution in [0, 0.1) is 0 Å². The summed E-state index contributed by atoms with van der Waals surface area (Å²) in [6, 6.07) is 18.9. The summed E-state index contributed by atoms with van der Waals surface area (Å²) in [6.07, 6.45) is 0. The molecule has 0 aliphatic heterocycles. The molecule has 25 heavy (non-hydrogen) atoms. The maximum atomic E-state index is 12.5. The Hall–Kier alpha value is -1.79. The minimum absolute atomic E-state index is 0.0113. The van der Waals surface area contributed by atoms with Gasteiger partial charge in [0.25, 0.3) is 10.0 Å². The van der Waals surface area contributed by atoms with E-state index in [-0.39, 0.29) is 9.23 Å². The third kappa shape index (κ3) is 3.20. The lowest BCUT2D eigenvalue weighted by molar-refractivity contribution is 0.601. The Bertz CT molecular complexity index is 1220. The highest BCUT2D eigenvalue weighted by Gasteiger charge is 2.21. The molecule has 0 atom stereocenters. The van der Waals surface area contributed by atoms with Crippen LogP contribution in [-0.2, 0) is 10.0 Å². The van der Waals surface area contributed by atoms with Gasteiger partial charge < -0.3 is 0 Å². The molecule has 0 saturated heterocycles. The van der Waals surface area contributed by atoms with E-state index >= 15 is 0 Å². The van der Waals surface area contributed by atoms with Crippen LogP contribution in [0.25, 0.3) is 21.5 Å². The molecule has 3 aromatic carbocycles. The average Bonchev–Trinajstić information content (AvgIpc) is 2.92. The van der Waals surface area contributed by atoms with Crippen LogP contribution in [0.4, 0.5) is 5.69 Å². The number of anilines is 1. The molecule has 3 nitrogen and oxygen atoms in total. The number of hydrogen-bond acceptors (Lipinski definition) is 3. The van der Waals surface area contributed by atoms with Gasteiger partial charge in [0.15, 0.2) is 0 Å². The molecule has 0 aliphatic rings. The third-order valence-electron chi connectivity index (χ3n) is 3.87. The molecular formula is C18H11Cl2NO2S2. The summed E-state index contributed by atoms with van der Waals surface area (Å²) >= 11 is 12.8. The summed E-state index contributed by atoms with van der Waals surface area (Å²) < 4.78 is 28.1. The standard InChI is InChI=1S/C18H11Cl2NO2S2/c19-17-10-16(18(20)24-17)25(22,23)21-15-6-5-13-7-11-3-1-2-4-12(11)8-14(13)9-15/h1-10,21H. The molecular weight excluding hydrogens is 397 g/mol. The van der Waals surface area contributed by atoms with Crippen LogP contribution >= 0.6 is 34.5 Å². The maximum Gasteiger partial charge on any atom is 0.264 e. The lowest BCUT2D eigenvalue weighted by Gasteiger charge is -2.09. The zero-order valence-corrected chi connectivity index (χ0v) is 15.8. The Balaban J connectivity index is 1.76.